The van der Waals surface area contributed by atoms with Gasteiger partial charge in [-0.3, -0.25) is 0 Å². The van der Waals surface area contributed by atoms with Crippen LogP contribution in [0.5, 0.6) is 0 Å². The van der Waals surface area contributed by atoms with Crippen molar-refractivity contribution in [1.29, 1.82) is 0 Å². The molecule has 8 fully saturated rings. The SMILES string of the molecule is Cc1cc2c3c(c1)N(c1ccc(C(C)(C)C)cc1-c1ccccc1)c1cc4c(cc1B3n1c3ccc(C56CC7CC(CC(C7)C5)C6)cc3c3cc(C56CC7CC(CC(C7)C5)C6)cc-2c31)C(C)(C)c1ccccc1C4(C)C. The highest BCUT2D eigenvalue weighted by atomic mass is 15.2. The maximum atomic E-state index is 2.92. The molecule has 380 valence electrons. The summed E-state index contributed by atoms with van der Waals surface area (Å²) in [5.74, 6) is 5.41. The predicted octanol–water partition coefficient (Wildman–Crippen LogP) is 17.4. The first-order valence-electron chi connectivity index (χ1n) is 30.1. The standard InChI is InChI=1S/C73H75BN2/c1-42-22-55-57-33-52(73-39-46-27-47(40-73)29-48(28-46)41-73)32-56-54-31-51(72-36-43-24-44(37-72)26-45(25-43)38-72)19-21-64(54)76(68(56)57)74-62-34-60-61(71(7,8)59-17-13-12-16-58(59)70(60,5)6)35-65(62)75(66(23-42)67(55)74)63-20-18-50(69(2,3)4)30-53(63)49-14-10-9-11-15-49/h9-23,30-35,43-48H,24-29,36-41H2,1-8H3. The lowest BCUT2D eigenvalue weighted by molar-refractivity contribution is -0.00527. The lowest BCUT2D eigenvalue weighted by Gasteiger charge is -2.57. The van der Waals surface area contributed by atoms with Crippen LogP contribution in [0.4, 0.5) is 17.1 Å². The fraction of sp³-hybridized carbons (Fsp3) is 0.425. The van der Waals surface area contributed by atoms with Gasteiger partial charge in [0.2, 0.25) is 0 Å². The van der Waals surface area contributed by atoms with E-state index in [2.05, 4.69) is 192 Å². The molecule has 0 N–H and O–H groups in total. The molecule has 1 aromatic heterocycles. The van der Waals surface area contributed by atoms with Crippen LogP contribution in [0.15, 0.2) is 127 Å². The molecule has 0 atom stereocenters. The average molecular weight is 991 g/mol. The van der Waals surface area contributed by atoms with Crippen molar-refractivity contribution in [3.05, 3.63) is 172 Å². The van der Waals surface area contributed by atoms with Crippen molar-refractivity contribution in [1.82, 2.24) is 4.48 Å². The van der Waals surface area contributed by atoms with E-state index in [0.29, 0.717) is 5.41 Å². The molecule has 11 aliphatic rings. The zero-order chi connectivity index (χ0) is 51.2. The van der Waals surface area contributed by atoms with Crippen LogP contribution in [0.25, 0.3) is 44.1 Å². The van der Waals surface area contributed by atoms with E-state index in [9.17, 15) is 0 Å². The van der Waals surface area contributed by atoms with E-state index in [1.807, 2.05) is 0 Å². The van der Waals surface area contributed by atoms with Crippen molar-refractivity contribution < 1.29 is 0 Å². The minimum absolute atomic E-state index is 0.00412. The van der Waals surface area contributed by atoms with Crippen LogP contribution in [-0.2, 0) is 27.1 Å². The molecule has 0 unspecified atom stereocenters. The Labute approximate surface area is 452 Å². The number of nitrogens with zero attached hydrogens (tertiary/aromatic N) is 2. The van der Waals surface area contributed by atoms with E-state index in [0.717, 1.165) is 35.5 Å². The summed E-state index contributed by atoms with van der Waals surface area (Å²) < 4.78 is 2.92. The summed E-state index contributed by atoms with van der Waals surface area (Å²) in [7, 11) is 0. The molecule has 8 aromatic rings. The number of fused-ring (bicyclic) bond motifs is 9. The Morgan fingerprint density at radius 1 is 0.474 bits per heavy atom. The van der Waals surface area contributed by atoms with Crippen LogP contribution >= 0.6 is 0 Å². The highest BCUT2D eigenvalue weighted by Crippen LogP contribution is 2.64. The molecule has 0 saturated heterocycles. The molecule has 0 radical (unpaired) electrons. The fourth-order valence-corrected chi connectivity index (χ4v) is 20.5. The number of aryl methyl sites for hydroxylation is 1. The second kappa shape index (κ2) is 14.9. The third-order valence-corrected chi connectivity index (χ3v) is 23.1. The molecular formula is C73H75BN2. The summed E-state index contributed by atoms with van der Waals surface area (Å²) in [5.41, 5.74) is 27.3. The molecule has 8 saturated carbocycles. The Bertz CT molecular complexity index is 3780. The number of rotatable bonds is 4. The highest BCUT2D eigenvalue weighted by Gasteiger charge is 2.55. The Hall–Kier alpha value is -5.80. The number of benzene rings is 7. The van der Waals surface area contributed by atoms with Crippen molar-refractivity contribution in [2.45, 2.75) is 160 Å². The molecule has 3 heteroatoms. The van der Waals surface area contributed by atoms with Crippen molar-refractivity contribution in [2.75, 3.05) is 4.90 Å². The average Bonchev–Trinajstić information content (AvgIpc) is 3.84. The monoisotopic (exact) mass is 991 g/mol. The molecule has 8 bridgehead atoms. The van der Waals surface area contributed by atoms with Crippen LogP contribution in [0, 0.1) is 42.4 Å². The van der Waals surface area contributed by atoms with Crippen LogP contribution in [-0.4, -0.2) is 11.3 Å². The number of aromatic nitrogens is 1. The molecule has 9 aliphatic carbocycles. The maximum Gasteiger partial charge on any atom is 0.333 e. The molecule has 0 spiro atoms. The third kappa shape index (κ3) is 5.97. The molecule has 7 aromatic carbocycles. The topological polar surface area (TPSA) is 8.17 Å². The van der Waals surface area contributed by atoms with E-state index >= 15 is 0 Å². The summed E-state index contributed by atoms with van der Waals surface area (Å²) in [5, 5.41) is 3.05. The van der Waals surface area contributed by atoms with Crippen molar-refractivity contribution in [3.8, 4) is 22.3 Å². The van der Waals surface area contributed by atoms with Crippen LogP contribution in [0.2, 0.25) is 0 Å². The van der Waals surface area contributed by atoms with Gasteiger partial charge in [0.15, 0.2) is 0 Å². The normalized spacial score (nSPS) is 29.2. The van der Waals surface area contributed by atoms with Crippen molar-refractivity contribution >= 4 is 56.6 Å². The maximum absolute atomic E-state index is 2.92. The zero-order valence-corrected chi connectivity index (χ0v) is 46.5. The van der Waals surface area contributed by atoms with Gasteiger partial charge in [0.1, 0.15) is 0 Å². The van der Waals surface area contributed by atoms with Crippen LogP contribution in [0.1, 0.15) is 170 Å². The highest BCUT2D eigenvalue weighted by molar-refractivity contribution is 6.90. The third-order valence-electron chi connectivity index (χ3n) is 23.1. The summed E-state index contributed by atoms with van der Waals surface area (Å²) in [4.78, 5) is 2.76. The van der Waals surface area contributed by atoms with Crippen molar-refractivity contribution in [2.24, 2.45) is 35.5 Å². The number of anilines is 3. The molecule has 2 aliphatic heterocycles. The molecule has 0 amide bonds. The van der Waals surface area contributed by atoms with E-state index in [4.69, 9.17) is 0 Å². The first-order chi connectivity index (χ1) is 36.5. The van der Waals surface area contributed by atoms with Crippen LogP contribution < -0.4 is 15.8 Å². The smallest absolute Gasteiger partial charge is 0.333 e. The lowest BCUT2D eigenvalue weighted by Crippen LogP contribution is -2.57. The molecule has 3 heterocycles. The Balaban J connectivity index is 0.990. The Kier molecular flexibility index (Phi) is 8.84. The predicted molar refractivity (Wildman–Crippen MR) is 319 cm³/mol. The van der Waals surface area contributed by atoms with Gasteiger partial charge in [0.05, 0.1) is 5.69 Å². The first kappa shape index (κ1) is 45.2. The Morgan fingerprint density at radius 2 is 1.04 bits per heavy atom. The van der Waals surface area contributed by atoms with Gasteiger partial charge < -0.3 is 9.38 Å². The van der Waals surface area contributed by atoms with Crippen LogP contribution in [0.3, 0.4) is 0 Å². The van der Waals surface area contributed by atoms with Gasteiger partial charge in [-0.25, -0.2) is 0 Å². The second-order valence-corrected chi connectivity index (χ2v) is 29.5. The van der Waals surface area contributed by atoms with Gasteiger partial charge in [-0.2, -0.15) is 0 Å². The quantitative estimate of drug-likeness (QED) is 0.160. The molecule has 19 rings (SSSR count). The fourth-order valence-electron chi connectivity index (χ4n) is 20.5. The largest absolute Gasteiger partial charge is 0.375 e. The summed E-state index contributed by atoms with van der Waals surface area (Å²) >= 11 is 0. The van der Waals surface area contributed by atoms with E-state index in [1.54, 1.807) is 11.1 Å². The van der Waals surface area contributed by atoms with Gasteiger partial charge in [0.25, 0.3) is 0 Å². The van der Waals surface area contributed by atoms with E-state index in [1.165, 1.54) is 182 Å². The first-order valence-corrected chi connectivity index (χ1v) is 30.1. The van der Waals surface area contributed by atoms with Gasteiger partial charge in [-0.1, -0.05) is 127 Å². The van der Waals surface area contributed by atoms with E-state index in [-0.39, 0.29) is 28.5 Å². The summed E-state index contributed by atoms with van der Waals surface area (Å²) in [6, 6.07) is 52.5. The van der Waals surface area contributed by atoms with Gasteiger partial charge in [-0.05, 0) is 251 Å². The minimum atomic E-state index is -0.202. The lowest BCUT2D eigenvalue weighted by atomic mass is 9.44. The van der Waals surface area contributed by atoms with E-state index < -0.39 is 0 Å². The molecular weight excluding hydrogens is 916 g/mol. The molecule has 76 heavy (non-hydrogen) atoms. The number of hydrogen-bond donors (Lipinski definition) is 0. The molecule has 2 nitrogen and oxygen atoms in total. The zero-order valence-electron chi connectivity index (χ0n) is 46.5. The Morgan fingerprint density at radius 3 is 1.64 bits per heavy atom. The van der Waals surface area contributed by atoms with Crippen molar-refractivity contribution in [3.63, 3.8) is 0 Å². The number of hydrogen-bond acceptors (Lipinski definition) is 1. The van der Waals surface area contributed by atoms with Gasteiger partial charge >= 0.3 is 6.85 Å². The minimum Gasteiger partial charge on any atom is -0.375 e. The second-order valence-electron chi connectivity index (χ2n) is 29.5. The van der Waals surface area contributed by atoms with Gasteiger partial charge in [-0.15, -0.1) is 0 Å². The summed E-state index contributed by atoms with van der Waals surface area (Å²) in [6.45, 7) is 19.5. The summed E-state index contributed by atoms with van der Waals surface area (Å²) in [6.07, 6.45) is 17.2. The van der Waals surface area contributed by atoms with Gasteiger partial charge in [0, 0.05) is 55.1 Å².